The third-order valence-electron chi connectivity index (χ3n) is 7.11. The molecule has 1 aliphatic rings. The number of carbonyl (C=O) groups is 1. The Balaban J connectivity index is 1.20. The van der Waals surface area contributed by atoms with Gasteiger partial charge in [0.2, 0.25) is 5.91 Å². The number of aromatic nitrogens is 1. The molecular formula is C28H36ClN3O3S. The number of hydrogen-bond acceptors (Lipinski definition) is 5. The number of hydrogen-bond donors (Lipinski definition) is 3. The minimum Gasteiger partial charge on any atom is -0.506 e. The number of halogens is 1. The minimum absolute atomic E-state index is 0.121. The van der Waals surface area contributed by atoms with Gasteiger partial charge in [0.05, 0.1) is 4.70 Å². The summed E-state index contributed by atoms with van der Waals surface area (Å²) in [5, 5.41) is 14.2. The van der Waals surface area contributed by atoms with Crippen molar-refractivity contribution in [3.05, 3.63) is 62.2 Å². The zero-order valence-electron chi connectivity index (χ0n) is 20.7. The summed E-state index contributed by atoms with van der Waals surface area (Å²) in [7, 11) is 0. The van der Waals surface area contributed by atoms with Crippen LogP contribution >= 0.6 is 22.9 Å². The smallest absolute Gasteiger partial charge is 0.305 e. The summed E-state index contributed by atoms with van der Waals surface area (Å²) in [6.45, 7) is 2.30. The second-order valence-electron chi connectivity index (χ2n) is 9.64. The van der Waals surface area contributed by atoms with Gasteiger partial charge in [-0.15, -0.1) is 0 Å². The number of aromatic amines is 1. The van der Waals surface area contributed by atoms with E-state index in [1.54, 1.807) is 6.07 Å². The number of benzene rings is 2. The van der Waals surface area contributed by atoms with Gasteiger partial charge in [-0.2, -0.15) is 0 Å². The van der Waals surface area contributed by atoms with E-state index in [0.717, 1.165) is 90.2 Å². The van der Waals surface area contributed by atoms with Gasteiger partial charge in [0, 0.05) is 30.6 Å². The lowest BCUT2D eigenvalue weighted by atomic mass is 10.1. The molecule has 0 unspecified atom stereocenters. The molecule has 6 nitrogen and oxygen atoms in total. The summed E-state index contributed by atoms with van der Waals surface area (Å²) in [5.74, 6) is 0.376. The van der Waals surface area contributed by atoms with Gasteiger partial charge >= 0.3 is 4.87 Å². The fourth-order valence-corrected chi connectivity index (χ4v) is 6.29. The van der Waals surface area contributed by atoms with E-state index in [-0.39, 0.29) is 16.5 Å². The van der Waals surface area contributed by atoms with Crippen molar-refractivity contribution in [2.45, 2.75) is 70.3 Å². The SMILES string of the molecule is O=C(CCNCCc1ccccc1Cl)N(CCCCCc1ccc(O)c2[nH]c(=O)sc12)C1CCCC1. The molecule has 1 amide bonds. The lowest BCUT2D eigenvalue weighted by molar-refractivity contribution is -0.133. The molecule has 0 atom stereocenters. The zero-order valence-corrected chi connectivity index (χ0v) is 22.3. The molecule has 0 aliphatic heterocycles. The number of nitrogens with one attached hydrogen (secondary N) is 2. The van der Waals surface area contributed by atoms with Gasteiger partial charge < -0.3 is 20.3 Å². The molecule has 1 aliphatic carbocycles. The lowest BCUT2D eigenvalue weighted by Gasteiger charge is -2.29. The van der Waals surface area contributed by atoms with Gasteiger partial charge in [0.1, 0.15) is 11.3 Å². The fourth-order valence-electron chi connectivity index (χ4n) is 5.16. The van der Waals surface area contributed by atoms with Crippen LogP contribution in [0.25, 0.3) is 10.2 Å². The van der Waals surface area contributed by atoms with Gasteiger partial charge in [-0.05, 0) is 68.3 Å². The highest BCUT2D eigenvalue weighted by Crippen LogP contribution is 2.29. The molecule has 1 aromatic heterocycles. The second-order valence-corrected chi connectivity index (χ2v) is 11.0. The molecule has 0 radical (unpaired) electrons. The molecule has 4 rings (SSSR count). The van der Waals surface area contributed by atoms with Crippen LogP contribution in [-0.4, -0.2) is 46.6 Å². The number of H-pyrrole nitrogens is 1. The van der Waals surface area contributed by atoms with Crippen LogP contribution in [0.3, 0.4) is 0 Å². The molecular weight excluding hydrogens is 494 g/mol. The highest BCUT2D eigenvalue weighted by molar-refractivity contribution is 7.16. The third-order valence-corrected chi connectivity index (χ3v) is 8.44. The van der Waals surface area contributed by atoms with Crippen LogP contribution in [0.2, 0.25) is 5.02 Å². The fraction of sp³-hybridized carbons (Fsp3) is 0.500. The number of fused-ring (bicyclic) bond motifs is 1. The van der Waals surface area contributed by atoms with Gasteiger partial charge in [-0.1, -0.05) is 66.5 Å². The maximum atomic E-state index is 13.1. The molecule has 1 saturated carbocycles. The van der Waals surface area contributed by atoms with E-state index in [0.29, 0.717) is 24.5 Å². The largest absolute Gasteiger partial charge is 0.506 e. The average Bonchev–Trinajstić information content (AvgIpc) is 3.54. The number of rotatable bonds is 13. The number of nitrogens with zero attached hydrogens (tertiary/aromatic N) is 1. The van der Waals surface area contributed by atoms with Crippen molar-refractivity contribution in [2.24, 2.45) is 0 Å². The van der Waals surface area contributed by atoms with Gasteiger partial charge in [-0.3, -0.25) is 9.59 Å². The van der Waals surface area contributed by atoms with Crippen molar-refractivity contribution in [3.8, 4) is 5.75 Å². The van der Waals surface area contributed by atoms with Crippen LogP contribution in [0.4, 0.5) is 0 Å². The first kappa shape index (κ1) is 26.7. The van der Waals surface area contributed by atoms with E-state index in [4.69, 9.17) is 11.6 Å². The molecule has 3 aromatic rings. The van der Waals surface area contributed by atoms with Crippen LogP contribution in [0.1, 0.15) is 62.5 Å². The average molecular weight is 530 g/mol. The highest BCUT2D eigenvalue weighted by atomic mass is 35.5. The van der Waals surface area contributed by atoms with Crippen LogP contribution in [0.15, 0.2) is 41.2 Å². The van der Waals surface area contributed by atoms with E-state index in [1.807, 2.05) is 30.3 Å². The quantitative estimate of drug-likeness (QED) is 0.250. The summed E-state index contributed by atoms with van der Waals surface area (Å²) >= 11 is 7.38. The normalized spacial score (nSPS) is 14.0. The monoisotopic (exact) mass is 529 g/mol. The number of thiazole rings is 1. The Kier molecular flexibility index (Phi) is 9.84. The number of unbranched alkanes of at least 4 members (excludes halogenated alkanes) is 2. The molecule has 36 heavy (non-hydrogen) atoms. The molecule has 8 heteroatoms. The Hall–Kier alpha value is -2.35. The number of phenolic OH excluding ortho intramolecular Hbond substituents is 1. The molecule has 3 N–H and O–H groups in total. The molecule has 0 saturated heterocycles. The third kappa shape index (κ3) is 7.11. The van der Waals surface area contributed by atoms with E-state index < -0.39 is 0 Å². The molecule has 194 valence electrons. The van der Waals surface area contributed by atoms with Crippen molar-refractivity contribution in [1.82, 2.24) is 15.2 Å². The lowest BCUT2D eigenvalue weighted by Crippen LogP contribution is -2.40. The van der Waals surface area contributed by atoms with Crippen molar-refractivity contribution >= 4 is 39.1 Å². The van der Waals surface area contributed by atoms with Crippen molar-refractivity contribution < 1.29 is 9.90 Å². The summed E-state index contributed by atoms with van der Waals surface area (Å²) < 4.78 is 0.852. The first-order valence-electron chi connectivity index (χ1n) is 13.1. The minimum atomic E-state index is -0.142. The van der Waals surface area contributed by atoms with Crippen LogP contribution in [0, 0.1) is 0 Å². The number of carbonyl (C=O) groups excluding carboxylic acids is 1. The Morgan fingerprint density at radius 1 is 1.06 bits per heavy atom. The number of amides is 1. The van der Waals surface area contributed by atoms with Crippen LogP contribution in [-0.2, 0) is 17.6 Å². The van der Waals surface area contributed by atoms with Crippen molar-refractivity contribution in [2.75, 3.05) is 19.6 Å². The highest BCUT2D eigenvalue weighted by Gasteiger charge is 2.25. The van der Waals surface area contributed by atoms with Gasteiger partial charge in [0.15, 0.2) is 0 Å². The summed E-state index contributed by atoms with van der Waals surface area (Å²) in [4.78, 5) is 29.5. The summed E-state index contributed by atoms with van der Waals surface area (Å²) in [6, 6.07) is 11.8. The first-order valence-corrected chi connectivity index (χ1v) is 14.3. The first-order chi connectivity index (χ1) is 17.5. The standard InChI is InChI=1S/C28H36ClN3O3S/c29-23-12-6-3-8-20(23)15-17-30-18-16-25(34)32(22-10-4-5-11-22)19-7-1-2-9-21-13-14-24(33)26-27(21)36-28(35)31-26/h3,6,8,12-14,22,30,33H,1-2,4-5,7,9-11,15-19H2,(H,31,35). The summed E-state index contributed by atoms with van der Waals surface area (Å²) in [5.41, 5.74) is 2.77. The molecule has 0 bridgehead atoms. The Bertz CT molecular complexity index is 1200. The van der Waals surface area contributed by atoms with E-state index in [9.17, 15) is 14.7 Å². The number of aryl methyl sites for hydroxylation is 1. The second kappa shape index (κ2) is 13.3. The Labute approximate surface area is 221 Å². The maximum absolute atomic E-state index is 13.1. The topological polar surface area (TPSA) is 85.4 Å². The Morgan fingerprint density at radius 2 is 1.86 bits per heavy atom. The van der Waals surface area contributed by atoms with Gasteiger partial charge in [-0.25, -0.2) is 0 Å². The number of aromatic hydroxyl groups is 1. The zero-order chi connectivity index (χ0) is 25.3. The number of phenols is 1. The van der Waals surface area contributed by atoms with E-state index in [1.165, 1.54) is 12.8 Å². The predicted octanol–water partition coefficient (Wildman–Crippen LogP) is 5.66. The van der Waals surface area contributed by atoms with Gasteiger partial charge in [0.25, 0.3) is 0 Å². The van der Waals surface area contributed by atoms with Crippen LogP contribution in [0.5, 0.6) is 5.75 Å². The molecule has 0 spiro atoms. The Morgan fingerprint density at radius 3 is 2.67 bits per heavy atom. The molecule has 2 aromatic carbocycles. The van der Waals surface area contributed by atoms with Crippen LogP contribution < -0.4 is 10.2 Å². The summed E-state index contributed by atoms with van der Waals surface area (Å²) in [6.07, 6.45) is 9.87. The molecule has 1 fully saturated rings. The van der Waals surface area contributed by atoms with E-state index >= 15 is 0 Å². The van der Waals surface area contributed by atoms with Crippen molar-refractivity contribution in [3.63, 3.8) is 0 Å². The van der Waals surface area contributed by atoms with Crippen molar-refractivity contribution in [1.29, 1.82) is 0 Å². The predicted molar refractivity (Wildman–Crippen MR) is 148 cm³/mol. The maximum Gasteiger partial charge on any atom is 0.305 e. The van der Waals surface area contributed by atoms with E-state index in [2.05, 4.69) is 15.2 Å². The molecule has 1 heterocycles.